The van der Waals surface area contributed by atoms with Crippen molar-refractivity contribution in [2.24, 2.45) is 11.8 Å². The van der Waals surface area contributed by atoms with Crippen molar-refractivity contribution in [3.63, 3.8) is 0 Å². The van der Waals surface area contributed by atoms with Crippen LogP contribution in [0.4, 0.5) is 8.78 Å². The van der Waals surface area contributed by atoms with Crippen LogP contribution >= 0.6 is 11.6 Å². The maximum Gasteiger partial charge on any atom is 0.127 e. The van der Waals surface area contributed by atoms with Crippen molar-refractivity contribution in [3.05, 3.63) is 83.4 Å². The van der Waals surface area contributed by atoms with Gasteiger partial charge < -0.3 is 4.79 Å². The number of hydrogen-bond acceptors (Lipinski definition) is 2. The third-order valence-corrected chi connectivity index (χ3v) is 8.68. The molecule has 0 spiro atoms. The topological polar surface area (TPSA) is 34.1 Å². The van der Waals surface area contributed by atoms with Crippen molar-refractivity contribution in [1.82, 2.24) is 0 Å². The van der Waals surface area contributed by atoms with Gasteiger partial charge >= 0.3 is 0 Å². The first-order chi connectivity index (χ1) is 16.6. The van der Waals surface area contributed by atoms with Gasteiger partial charge in [-0.1, -0.05) is 50.1 Å². The van der Waals surface area contributed by atoms with Crippen molar-refractivity contribution in [3.8, 4) is 0 Å². The largest absolute Gasteiger partial charge is 0.307 e. The normalized spacial score (nSPS) is 26.4. The Morgan fingerprint density at radius 2 is 1.57 bits per heavy atom. The van der Waals surface area contributed by atoms with E-state index < -0.39 is 9.52 Å². The van der Waals surface area contributed by atoms with E-state index >= 15 is 0 Å². The molecule has 1 saturated heterocycles. The lowest BCUT2D eigenvalue weighted by atomic mass is 9.63. The summed E-state index contributed by atoms with van der Waals surface area (Å²) in [5, 5.41) is 0.801. The van der Waals surface area contributed by atoms with Gasteiger partial charge in [0.15, 0.2) is 0 Å². The average Bonchev–Trinajstić information content (AvgIpc) is 2.86. The van der Waals surface area contributed by atoms with Gasteiger partial charge in [-0.05, 0) is 101 Å². The summed E-state index contributed by atoms with van der Waals surface area (Å²) in [4.78, 5) is 8.00. The van der Waals surface area contributed by atoms with E-state index in [1.165, 1.54) is 23.8 Å². The van der Waals surface area contributed by atoms with Crippen molar-refractivity contribution in [2.45, 2.75) is 58.8 Å². The SMILES string of the molecule is C=C.C=O.C=S1(=O)CCC2CC(C)(c3cc(F)ccc3F)CCC2C1.CC.Cc1ccc(Cl)cc1. The molecule has 0 aromatic heterocycles. The van der Waals surface area contributed by atoms with Gasteiger partial charge in [0, 0.05) is 16.5 Å². The van der Waals surface area contributed by atoms with Gasteiger partial charge in [-0.15, -0.1) is 13.2 Å². The summed E-state index contributed by atoms with van der Waals surface area (Å²) >= 11 is 5.61. The molecule has 4 atom stereocenters. The fraction of sp³-hybridized carbons (Fsp3) is 0.448. The van der Waals surface area contributed by atoms with Crippen LogP contribution in [0.15, 0.2) is 55.6 Å². The second-order valence-corrected chi connectivity index (χ2v) is 12.0. The quantitative estimate of drug-likeness (QED) is 0.278. The van der Waals surface area contributed by atoms with Crippen molar-refractivity contribution < 1.29 is 17.8 Å². The fourth-order valence-corrected chi connectivity index (χ4v) is 6.97. The molecule has 6 heteroatoms. The highest BCUT2D eigenvalue weighted by Gasteiger charge is 2.42. The number of hydrogen-bond donors (Lipinski definition) is 0. The van der Waals surface area contributed by atoms with Crippen LogP contribution in [0.5, 0.6) is 0 Å². The molecule has 35 heavy (non-hydrogen) atoms. The lowest BCUT2D eigenvalue weighted by Crippen LogP contribution is -2.42. The van der Waals surface area contributed by atoms with Crippen LogP contribution in [0, 0.1) is 30.4 Å². The van der Waals surface area contributed by atoms with E-state index in [-0.39, 0.29) is 17.0 Å². The van der Waals surface area contributed by atoms with Gasteiger partial charge in [-0.2, -0.15) is 0 Å². The molecule has 1 aliphatic heterocycles. The van der Waals surface area contributed by atoms with Crippen LogP contribution in [-0.4, -0.2) is 28.4 Å². The van der Waals surface area contributed by atoms with E-state index in [0.717, 1.165) is 30.7 Å². The summed E-state index contributed by atoms with van der Waals surface area (Å²) in [6, 6.07) is 11.5. The van der Waals surface area contributed by atoms with Crippen LogP contribution in [0.1, 0.15) is 57.6 Å². The minimum atomic E-state index is -1.90. The van der Waals surface area contributed by atoms with E-state index in [0.29, 0.717) is 28.9 Å². The zero-order valence-electron chi connectivity index (χ0n) is 21.6. The zero-order valence-corrected chi connectivity index (χ0v) is 23.2. The van der Waals surface area contributed by atoms with Crippen LogP contribution in [0.25, 0.3) is 0 Å². The van der Waals surface area contributed by atoms with E-state index in [9.17, 15) is 13.0 Å². The fourth-order valence-electron chi connectivity index (χ4n) is 4.72. The third kappa shape index (κ3) is 10.3. The van der Waals surface area contributed by atoms with Gasteiger partial charge in [0.25, 0.3) is 0 Å². The Morgan fingerprint density at radius 1 is 1.00 bits per heavy atom. The highest BCUT2D eigenvalue weighted by atomic mass is 35.5. The minimum absolute atomic E-state index is 0.311. The van der Waals surface area contributed by atoms with Gasteiger partial charge in [0.1, 0.15) is 18.4 Å². The lowest BCUT2D eigenvalue weighted by molar-refractivity contribution is -0.0980. The molecule has 4 rings (SSSR count). The smallest absolute Gasteiger partial charge is 0.127 e. The van der Waals surface area contributed by atoms with Crippen LogP contribution in [0.2, 0.25) is 5.02 Å². The molecule has 0 radical (unpaired) electrons. The molecule has 1 saturated carbocycles. The number of benzene rings is 2. The molecular formula is C29H41ClF2O2S. The van der Waals surface area contributed by atoms with Crippen molar-refractivity contribution in [1.29, 1.82) is 0 Å². The number of aryl methyl sites for hydroxylation is 1. The number of halogens is 3. The summed E-state index contributed by atoms with van der Waals surface area (Å²) in [6.45, 7) is 16.1. The molecule has 0 amide bonds. The molecule has 2 nitrogen and oxygen atoms in total. The number of rotatable bonds is 1. The first-order valence-electron chi connectivity index (χ1n) is 11.9. The molecule has 2 aromatic rings. The van der Waals surface area contributed by atoms with Gasteiger partial charge in [-0.25, -0.2) is 8.78 Å². The second kappa shape index (κ2) is 15.9. The average molecular weight is 527 g/mol. The lowest BCUT2D eigenvalue weighted by Gasteiger charge is -2.46. The van der Waals surface area contributed by atoms with Crippen LogP contribution in [-0.2, 0) is 19.7 Å². The van der Waals surface area contributed by atoms with Gasteiger partial charge in [0.2, 0.25) is 0 Å². The Hall–Kier alpha value is -1.98. The van der Waals surface area contributed by atoms with E-state index in [2.05, 4.69) is 19.0 Å². The molecule has 196 valence electrons. The van der Waals surface area contributed by atoms with Crippen molar-refractivity contribution in [2.75, 3.05) is 11.5 Å². The zero-order chi connectivity index (χ0) is 27.2. The Kier molecular flexibility index (Phi) is 15.0. The van der Waals surface area contributed by atoms with Crippen LogP contribution in [0.3, 0.4) is 0 Å². The summed E-state index contributed by atoms with van der Waals surface area (Å²) in [5.74, 6) is 5.46. The van der Waals surface area contributed by atoms with Crippen LogP contribution < -0.4 is 0 Å². The van der Waals surface area contributed by atoms with Gasteiger partial charge in [-0.3, -0.25) is 4.21 Å². The molecule has 2 fully saturated rings. The molecule has 0 bridgehead atoms. The second-order valence-electron chi connectivity index (χ2n) is 8.87. The number of carbonyl (C=O) groups is 1. The summed E-state index contributed by atoms with van der Waals surface area (Å²) < 4.78 is 39.8. The molecule has 2 aromatic carbocycles. The minimum Gasteiger partial charge on any atom is -0.307 e. The molecule has 1 aliphatic carbocycles. The molecule has 0 N–H and O–H groups in total. The first-order valence-corrected chi connectivity index (χ1v) is 14.3. The monoisotopic (exact) mass is 526 g/mol. The molecular weight excluding hydrogens is 486 g/mol. The Balaban J connectivity index is 0.000000690. The molecule has 4 unspecified atom stereocenters. The maximum atomic E-state index is 14.1. The number of carbonyl (C=O) groups excluding carboxylic acids is 1. The van der Waals surface area contributed by atoms with E-state index in [4.69, 9.17) is 16.4 Å². The predicted octanol–water partition coefficient (Wildman–Crippen LogP) is 8.05. The Bertz CT molecular complexity index is 969. The van der Waals surface area contributed by atoms with E-state index in [1.807, 2.05) is 58.7 Å². The maximum absolute atomic E-state index is 14.1. The molecule has 1 heterocycles. The summed E-state index contributed by atoms with van der Waals surface area (Å²) in [7, 11) is -1.90. The molecule has 2 aliphatic rings. The first kappa shape index (κ1) is 33.0. The van der Waals surface area contributed by atoms with Gasteiger partial charge in [0.05, 0.1) is 0 Å². The number of fused-ring (bicyclic) bond motifs is 1. The van der Waals surface area contributed by atoms with E-state index in [1.54, 1.807) is 0 Å². The van der Waals surface area contributed by atoms with Crippen molar-refractivity contribution >= 4 is 33.8 Å². The highest BCUT2D eigenvalue weighted by Crippen LogP contribution is 2.48. The highest BCUT2D eigenvalue weighted by molar-refractivity contribution is 8.00. The summed E-state index contributed by atoms with van der Waals surface area (Å²) in [5.41, 5.74) is 1.43. The standard InChI is InChI=1S/C17H22F2OS.C7H7Cl.C2H6.C2H4.CH2O/c1-17(15-9-14(18)3-4-16(15)19)7-5-13-11-21(2,20)8-6-12(13)10-17;1-6-2-4-7(8)5-3-6;3*1-2/h3-4,9,12-13H,2,5-8,10-11H2,1H3;2-5H,1H3;1-2H3;1-2H2;1H2. The Labute approximate surface area is 216 Å². The summed E-state index contributed by atoms with van der Waals surface area (Å²) in [6.07, 6.45) is 3.51. The Morgan fingerprint density at radius 3 is 2.11 bits per heavy atom. The predicted molar refractivity (Wildman–Crippen MR) is 150 cm³/mol. The third-order valence-electron chi connectivity index (χ3n) is 6.41.